The number of nitrogens with two attached hydrogens (primary N) is 1. The van der Waals surface area contributed by atoms with Crippen LogP contribution >= 0.6 is 0 Å². The lowest BCUT2D eigenvalue weighted by Crippen LogP contribution is -2.46. The van der Waals surface area contributed by atoms with E-state index in [1.54, 1.807) is 6.20 Å². The summed E-state index contributed by atoms with van der Waals surface area (Å²) >= 11 is 0. The van der Waals surface area contributed by atoms with E-state index in [-0.39, 0.29) is 11.4 Å². The maximum atomic E-state index is 11.7. The van der Waals surface area contributed by atoms with Gasteiger partial charge in [-0.3, -0.25) is 9.89 Å². The Hall–Kier alpha value is -1.36. The number of carbonyl (C=O) groups is 1. The highest BCUT2D eigenvalue weighted by molar-refractivity contribution is 5.94. The number of rotatable bonds is 5. The van der Waals surface area contributed by atoms with Crippen LogP contribution in [0.5, 0.6) is 0 Å². The molecule has 0 saturated carbocycles. The molecule has 0 fully saturated rings. The number of nitrogens with zero attached hydrogens (tertiary/aromatic N) is 1. The van der Waals surface area contributed by atoms with Gasteiger partial charge >= 0.3 is 0 Å². The Labute approximate surface area is 89.4 Å². The van der Waals surface area contributed by atoms with Gasteiger partial charge < -0.3 is 11.1 Å². The van der Waals surface area contributed by atoms with Crippen molar-refractivity contribution < 1.29 is 4.79 Å². The minimum absolute atomic E-state index is 0.110. The summed E-state index contributed by atoms with van der Waals surface area (Å²) in [5.74, 6) is -0.110. The van der Waals surface area contributed by atoms with Crippen LogP contribution in [0.15, 0.2) is 12.4 Å². The van der Waals surface area contributed by atoms with Crippen molar-refractivity contribution in [2.24, 2.45) is 5.73 Å². The van der Waals surface area contributed by atoms with Crippen molar-refractivity contribution in [3.8, 4) is 0 Å². The second-order valence-electron chi connectivity index (χ2n) is 3.89. The molecule has 0 aliphatic carbocycles. The van der Waals surface area contributed by atoms with Gasteiger partial charge in [0.15, 0.2) is 0 Å². The SMILES string of the molecule is CCC(C)(CCN)NC(=O)c1cn[nH]c1. The van der Waals surface area contributed by atoms with Gasteiger partial charge in [-0.25, -0.2) is 0 Å². The number of carbonyl (C=O) groups excluding carboxylic acids is 1. The molecule has 15 heavy (non-hydrogen) atoms. The molecular weight excluding hydrogens is 192 g/mol. The summed E-state index contributed by atoms with van der Waals surface area (Å²) in [6.07, 6.45) is 4.71. The van der Waals surface area contributed by atoms with E-state index in [9.17, 15) is 4.79 Å². The first-order valence-electron chi connectivity index (χ1n) is 5.12. The lowest BCUT2D eigenvalue weighted by Gasteiger charge is -2.28. The molecule has 0 aliphatic heterocycles. The highest BCUT2D eigenvalue weighted by atomic mass is 16.1. The molecule has 0 spiro atoms. The first-order chi connectivity index (χ1) is 7.11. The molecule has 0 aromatic carbocycles. The molecular formula is C10H18N4O. The van der Waals surface area contributed by atoms with Gasteiger partial charge in [0.2, 0.25) is 0 Å². The van der Waals surface area contributed by atoms with E-state index < -0.39 is 0 Å². The van der Waals surface area contributed by atoms with E-state index in [1.165, 1.54) is 6.20 Å². The fraction of sp³-hybridized carbons (Fsp3) is 0.600. The minimum atomic E-state index is -0.233. The molecule has 0 radical (unpaired) electrons. The predicted molar refractivity (Wildman–Crippen MR) is 58.4 cm³/mol. The molecule has 4 N–H and O–H groups in total. The summed E-state index contributed by atoms with van der Waals surface area (Å²) in [5, 5.41) is 9.31. The van der Waals surface area contributed by atoms with Gasteiger partial charge in [-0.15, -0.1) is 0 Å². The van der Waals surface area contributed by atoms with Crippen LogP contribution in [0, 0.1) is 0 Å². The molecule has 1 unspecified atom stereocenters. The van der Waals surface area contributed by atoms with Crippen molar-refractivity contribution in [1.82, 2.24) is 15.5 Å². The Bertz CT molecular complexity index is 309. The highest BCUT2D eigenvalue weighted by Crippen LogP contribution is 2.14. The molecule has 1 amide bonds. The van der Waals surface area contributed by atoms with Crippen LogP contribution in [0.4, 0.5) is 0 Å². The van der Waals surface area contributed by atoms with Gasteiger partial charge in [-0.2, -0.15) is 5.10 Å². The van der Waals surface area contributed by atoms with Gasteiger partial charge in [0.25, 0.3) is 5.91 Å². The van der Waals surface area contributed by atoms with Crippen molar-refractivity contribution in [3.63, 3.8) is 0 Å². The van der Waals surface area contributed by atoms with E-state index in [0.717, 1.165) is 12.8 Å². The lowest BCUT2D eigenvalue weighted by atomic mass is 9.94. The maximum absolute atomic E-state index is 11.7. The molecule has 1 rings (SSSR count). The van der Waals surface area contributed by atoms with Gasteiger partial charge in [0.1, 0.15) is 0 Å². The number of hydrogen-bond acceptors (Lipinski definition) is 3. The summed E-state index contributed by atoms with van der Waals surface area (Å²) in [4.78, 5) is 11.7. The van der Waals surface area contributed by atoms with E-state index >= 15 is 0 Å². The molecule has 1 heterocycles. The topological polar surface area (TPSA) is 83.8 Å². The normalized spacial score (nSPS) is 14.6. The number of nitrogens with one attached hydrogen (secondary N) is 2. The van der Waals surface area contributed by atoms with Crippen LogP contribution in [0.2, 0.25) is 0 Å². The average molecular weight is 210 g/mol. The second-order valence-corrected chi connectivity index (χ2v) is 3.89. The van der Waals surface area contributed by atoms with Gasteiger partial charge in [-0.1, -0.05) is 6.92 Å². The average Bonchev–Trinajstić information content (AvgIpc) is 2.71. The Balaban J connectivity index is 2.63. The third-order valence-electron chi connectivity index (χ3n) is 2.65. The Morgan fingerprint density at radius 1 is 1.73 bits per heavy atom. The van der Waals surface area contributed by atoms with Crippen LogP contribution in [-0.2, 0) is 0 Å². The number of aromatic amines is 1. The zero-order chi connectivity index (χ0) is 11.3. The number of aromatic nitrogens is 2. The summed E-state index contributed by atoms with van der Waals surface area (Å²) < 4.78 is 0. The molecule has 0 saturated heterocycles. The van der Waals surface area contributed by atoms with Crippen LogP contribution in [0.1, 0.15) is 37.0 Å². The van der Waals surface area contributed by atoms with E-state index in [2.05, 4.69) is 15.5 Å². The Morgan fingerprint density at radius 3 is 2.93 bits per heavy atom. The van der Waals surface area contributed by atoms with Gasteiger partial charge in [0, 0.05) is 11.7 Å². The lowest BCUT2D eigenvalue weighted by molar-refractivity contribution is 0.0900. The van der Waals surface area contributed by atoms with Crippen LogP contribution in [-0.4, -0.2) is 28.2 Å². The minimum Gasteiger partial charge on any atom is -0.347 e. The van der Waals surface area contributed by atoms with Gasteiger partial charge in [0.05, 0.1) is 11.8 Å². The van der Waals surface area contributed by atoms with Crippen LogP contribution in [0.25, 0.3) is 0 Å². The van der Waals surface area contributed by atoms with Crippen LogP contribution in [0.3, 0.4) is 0 Å². The van der Waals surface area contributed by atoms with E-state index in [4.69, 9.17) is 5.73 Å². The van der Waals surface area contributed by atoms with Crippen molar-refractivity contribution in [1.29, 1.82) is 0 Å². The molecule has 5 heteroatoms. The van der Waals surface area contributed by atoms with Crippen LogP contribution < -0.4 is 11.1 Å². The van der Waals surface area contributed by atoms with E-state index in [0.29, 0.717) is 12.1 Å². The fourth-order valence-corrected chi connectivity index (χ4v) is 1.37. The van der Waals surface area contributed by atoms with E-state index in [1.807, 2.05) is 13.8 Å². The molecule has 1 atom stereocenters. The first kappa shape index (κ1) is 11.7. The second kappa shape index (κ2) is 4.93. The zero-order valence-electron chi connectivity index (χ0n) is 9.21. The van der Waals surface area contributed by atoms with Crippen molar-refractivity contribution in [3.05, 3.63) is 18.0 Å². The summed E-state index contributed by atoms with van der Waals surface area (Å²) in [6, 6.07) is 0. The molecule has 1 aromatic heterocycles. The Kier molecular flexibility index (Phi) is 3.85. The molecule has 5 nitrogen and oxygen atoms in total. The number of H-pyrrole nitrogens is 1. The van der Waals surface area contributed by atoms with Crippen molar-refractivity contribution in [2.75, 3.05) is 6.54 Å². The van der Waals surface area contributed by atoms with Gasteiger partial charge in [-0.05, 0) is 26.3 Å². The Morgan fingerprint density at radius 2 is 2.47 bits per heavy atom. The summed E-state index contributed by atoms with van der Waals surface area (Å²) in [7, 11) is 0. The number of amides is 1. The standard InChI is InChI=1S/C10H18N4O/c1-3-10(2,4-5-11)14-9(15)8-6-12-13-7-8/h6-7H,3-5,11H2,1-2H3,(H,12,13)(H,14,15). The number of hydrogen-bond donors (Lipinski definition) is 3. The summed E-state index contributed by atoms with van der Waals surface area (Å²) in [6.45, 7) is 4.60. The summed E-state index contributed by atoms with van der Waals surface area (Å²) in [5.41, 5.74) is 5.83. The quantitative estimate of drug-likeness (QED) is 0.667. The molecule has 84 valence electrons. The maximum Gasteiger partial charge on any atom is 0.254 e. The molecule has 1 aromatic rings. The molecule has 0 bridgehead atoms. The van der Waals surface area contributed by atoms with Crippen molar-refractivity contribution in [2.45, 2.75) is 32.2 Å². The zero-order valence-corrected chi connectivity index (χ0v) is 9.21. The first-order valence-corrected chi connectivity index (χ1v) is 5.12. The third-order valence-corrected chi connectivity index (χ3v) is 2.65. The third kappa shape index (κ3) is 3.06. The largest absolute Gasteiger partial charge is 0.347 e. The highest BCUT2D eigenvalue weighted by Gasteiger charge is 2.24. The predicted octanol–water partition coefficient (Wildman–Crippen LogP) is 0.657. The molecule has 0 aliphatic rings. The monoisotopic (exact) mass is 210 g/mol. The van der Waals surface area contributed by atoms with Crippen molar-refractivity contribution >= 4 is 5.91 Å². The smallest absolute Gasteiger partial charge is 0.254 e. The fourth-order valence-electron chi connectivity index (χ4n) is 1.37.